The number of aliphatic carboxylic acids is 1. The fraction of sp³-hybridized carbons (Fsp3) is 0.522. The Kier molecular flexibility index (Phi) is 39.2. The minimum atomic E-state index is -0.786. The van der Waals surface area contributed by atoms with Crippen LogP contribution in [0.4, 0.5) is 28.7 Å². The number of Topliss-reactive ketones (excluding diaryl/α,β-unsaturated/α-hetero) is 1. The summed E-state index contributed by atoms with van der Waals surface area (Å²) in [5.41, 5.74) is 20.9. The predicted molar refractivity (Wildman–Crippen MR) is 500 cm³/mol. The Bertz CT molecular complexity index is 4580. The first kappa shape index (κ1) is 102. The third kappa shape index (κ3) is 26.3. The van der Waals surface area contributed by atoms with Crippen molar-refractivity contribution in [1.29, 1.82) is 0 Å². The number of carboxylic acid groups (broad SMARTS) is 1. The van der Waals surface area contributed by atoms with Gasteiger partial charge in [-0.15, -0.1) is 12.4 Å². The monoisotopic (exact) mass is 1790 g/mol. The Morgan fingerprint density at radius 3 is 1.37 bits per heavy atom. The van der Waals surface area contributed by atoms with Crippen molar-refractivity contribution in [1.82, 2.24) is 64.5 Å². The number of nitrogens with two attached hydrogens (primary N) is 1. The Labute approximate surface area is 760 Å². The van der Waals surface area contributed by atoms with Crippen molar-refractivity contribution in [3.8, 4) is 0 Å². The normalized spacial score (nSPS) is 19.3. The number of rotatable bonds is 19. The summed E-state index contributed by atoms with van der Waals surface area (Å²) in [4.78, 5) is 133. The van der Waals surface area contributed by atoms with Crippen molar-refractivity contribution in [2.45, 2.75) is 159 Å². The van der Waals surface area contributed by atoms with Gasteiger partial charge in [-0.3, -0.25) is 53.0 Å². The van der Waals surface area contributed by atoms with Gasteiger partial charge in [0.25, 0.3) is 23.6 Å². The van der Waals surface area contributed by atoms with E-state index in [-0.39, 0.29) is 77.9 Å². The van der Waals surface area contributed by atoms with Crippen molar-refractivity contribution in [2.24, 2.45) is 13.0 Å². The molecule has 16 rings (SSSR count). The Balaban J connectivity index is 0.000000181. The van der Waals surface area contributed by atoms with Gasteiger partial charge in [-0.05, 0) is 188 Å². The van der Waals surface area contributed by atoms with Gasteiger partial charge >= 0.3 is 27.1 Å². The highest BCUT2D eigenvalue weighted by atomic mass is 35.5. The average molecular weight is 1790 g/mol. The van der Waals surface area contributed by atoms with Crippen molar-refractivity contribution in [3.63, 3.8) is 0 Å². The number of aryl methyl sites for hydroxylation is 1. The van der Waals surface area contributed by atoms with E-state index < -0.39 is 33.2 Å². The molecule has 5 aromatic carbocycles. The molecule has 0 bridgehead atoms. The molecule has 694 valence electrons. The smallest absolute Gasteiger partial charge is 0.376 e. The molecule has 7 aromatic rings. The standard InChI is InChI=1S/C28H37N7O3.2C17H26BN3O3.C11H14N2O2.C9H9NO2.C6H12BNO2.C2H7NO.ClH/c1-32-23-7-5-4-6-22(23)24(25(32)27(37)33(2)38-3)20-10-14-35(15-11-20)26(36)21-8-12-34(13-9-21)18-19-16-30-28(29)31-17-19;2*1-18(23)20-10-8-14(9-11-20)21-15-7-5-4-6-13(15)12-16(21)17(22)19(2)24-3;1-13(15-2)11(14)10-7-8-5-3-4-6-9(8)12-10;11-9(12)8-5-6-3-1-2-4-7(6)10-8;1-7(10)8-4-2-6(9)3-5-8;1-3-4-2;/h4-7,16-17,20-21H,8-15,18H2,1-3H3,(H2,29,30,31);2*4-7,14,16,23H,8-12H2,1-3H3;3-6,10,12H,7H2,1-2H3;1-4,8,10H,5H2,(H,11,12);10H,2-5H2,1H3;3H,1-2H3;1H. The number of aromatic nitrogens is 3. The second-order valence-electron chi connectivity index (χ2n) is 33.4. The van der Waals surface area contributed by atoms with Crippen LogP contribution in [0, 0.1) is 5.92 Å². The first-order chi connectivity index (χ1) is 61.0. The molecule has 34 nitrogen and oxygen atoms in total. The lowest BCUT2D eigenvalue weighted by atomic mass is 9.82. The SMILES string of the molecule is CB(O)N1CCC(=O)CC1.CNOC.CON(C)C(=O)C1Cc2ccccc2N1.CON(C)C(=O)C1Cc2ccccc2N1C1CCN(B(C)O)CC1.CON(C)C(=O)C1Cc2ccccc2N1C1CCN(B(C)O)CC1.CON(C)C(=O)c1c(C2CCN(C(=O)C3CCN(Cc4cnc(N)nc4)CC3)CC2)c2ccccc2n1C.Cl.O=C(O)C1Cc2ccccc2N1. The highest BCUT2D eigenvalue weighted by Gasteiger charge is 2.44. The van der Waals surface area contributed by atoms with E-state index in [2.05, 4.69) is 85.6 Å². The molecule has 4 unspecified atom stereocenters. The largest absolute Gasteiger partial charge is 0.480 e. The van der Waals surface area contributed by atoms with E-state index in [1.165, 1.54) is 65.4 Å². The van der Waals surface area contributed by atoms with E-state index in [0.717, 1.165) is 180 Å². The first-order valence-electron chi connectivity index (χ1n) is 44.1. The number of benzene rings is 5. The Hall–Kier alpha value is -9.83. The summed E-state index contributed by atoms with van der Waals surface area (Å²) in [5.74, 6) is 0.139. The molecule has 5 saturated heterocycles. The molecule has 128 heavy (non-hydrogen) atoms. The van der Waals surface area contributed by atoms with Crippen LogP contribution in [0.2, 0.25) is 20.5 Å². The van der Waals surface area contributed by atoms with Crippen LogP contribution in [0.25, 0.3) is 10.9 Å². The van der Waals surface area contributed by atoms with E-state index >= 15 is 0 Å². The van der Waals surface area contributed by atoms with Gasteiger partial charge in [0.2, 0.25) is 11.9 Å². The van der Waals surface area contributed by atoms with Crippen LogP contribution in [0.3, 0.4) is 0 Å². The van der Waals surface area contributed by atoms with Gasteiger partial charge in [-0.2, -0.15) is 0 Å². The van der Waals surface area contributed by atoms with Crippen LogP contribution in [0.5, 0.6) is 0 Å². The Morgan fingerprint density at radius 2 is 0.930 bits per heavy atom. The van der Waals surface area contributed by atoms with E-state index in [4.69, 9.17) is 35.2 Å². The topological polar surface area (TPSA) is 375 Å². The number of likely N-dealkylation sites (tertiary alicyclic amines) is 2. The number of hydrogen-bond acceptors (Lipinski definition) is 27. The minimum Gasteiger partial charge on any atom is -0.480 e. The molecule has 9 aliphatic heterocycles. The maximum Gasteiger partial charge on any atom is 0.376 e. The molecule has 0 saturated carbocycles. The van der Waals surface area contributed by atoms with Gasteiger partial charge < -0.3 is 75.1 Å². The van der Waals surface area contributed by atoms with Crippen LogP contribution in [-0.2, 0) is 92.2 Å². The number of nitrogens with zero attached hydrogens (tertiary/aromatic N) is 14. The third-order valence-electron chi connectivity index (χ3n) is 25.6. The third-order valence-corrected chi connectivity index (χ3v) is 25.6. The second kappa shape index (κ2) is 49.3. The van der Waals surface area contributed by atoms with Crippen molar-refractivity contribution in [3.05, 3.63) is 173 Å². The quantitative estimate of drug-likeness (QED) is 0.0300. The number of nitrogen functional groups attached to an aromatic ring is 1. The molecule has 0 radical (unpaired) electrons. The number of carbonyl (C=O) groups is 7. The lowest BCUT2D eigenvalue weighted by Gasteiger charge is -2.41. The van der Waals surface area contributed by atoms with Gasteiger partial charge in [-0.25, -0.2) is 40.5 Å². The highest BCUT2D eigenvalue weighted by Crippen LogP contribution is 2.42. The summed E-state index contributed by atoms with van der Waals surface area (Å²) in [6, 6.07) is 39.9. The van der Waals surface area contributed by atoms with E-state index in [0.29, 0.717) is 55.9 Å². The molecule has 11 heterocycles. The van der Waals surface area contributed by atoms with Crippen LogP contribution in [0.15, 0.2) is 134 Å². The molecule has 5 amide bonds. The van der Waals surface area contributed by atoms with E-state index in [1.54, 1.807) is 61.6 Å². The molecule has 9 aliphatic rings. The number of ketones is 1. The van der Waals surface area contributed by atoms with Crippen LogP contribution < -0.4 is 31.6 Å². The summed E-state index contributed by atoms with van der Waals surface area (Å²) in [5, 5.41) is 49.7. The Morgan fingerprint density at radius 1 is 0.523 bits per heavy atom. The summed E-state index contributed by atoms with van der Waals surface area (Å²) in [7, 11) is 16.6. The number of fused-ring (bicyclic) bond motifs is 5. The maximum absolute atomic E-state index is 13.4. The second-order valence-corrected chi connectivity index (χ2v) is 33.4. The van der Waals surface area contributed by atoms with Gasteiger partial charge in [0.05, 0.1) is 35.5 Å². The number of hydrogen-bond donors (Lipinski definition) is 8. The van der Waals surface area contributed by atoms with Crippen LogP contribution >= 0.6 is 12.4 Å². The minimum absolute atomic E-state index is 0. The number of halogens is 1. The van der Waals surface area contributed by atoms with Crippen LogP contribution in [0.1, 0.15) is 114 Å². The summed E-state index contributed by atoms with van der Waals surface area (Å²) in [6.07, 6.45) is 14.7. The van der Waals surface area contributed by atoms with Gasteiger partial charge in [0.15, 0.2) is 0 Å². The van der Waals surface area contributed by atoms with Crippen LogP contribution in [-0.4, -0.2) is 314 Å². The van der Waals surface area contributed by atoms with Crippen molar-refractivity contribution >= 4 is 114 Å². The molecule has 0 aliphatic carbocycles. The number of hydroxylamine groups is 9. The number of carbonyl (C=O) groups excluding carboxylic acids is 6. The average Bonchev–Trinajstić information content (AvgIpc) is 1.60. The lowest BCUT2D eigenvalue weighted by Crippen LogP contribution is -2.54. The van der Waals surface area contributed by atoms with Crippen molar-refractivity contribution in [2.75, 3.05) is 162 Å². The number of piperidine rings is 5. The van der Waals surface area contributed by atoms with Gasteiger partial charge in [0.1, 0.15) is 35.6 Å². The number of nitrogens with one attached hydrogen (secondary N) is 3. The lowest BCUT2D eigenvalue weighted by molar-refractivity contribution is -0.170. The maximum atomic E-state index is 13.4. The van der Waals surface area contributed by atoms with E-state index in [1.807, 2.05) is 126 Å². The zero-order chi connectivity index (χ0) is 91.7. The summed E-state index contributed by atoms with van der Waals surface area (Å²) in [6.45, 7) is 14.1. The number of para-hydroxylation sites is 5. The molecule has 38 heteroatoms. The number of amides is 5. The predicted octanol–water partition coefficient (Wildman–Crippen LogP) is 6.93. The summed E-state index contributed by atoms with van der Waals surface area (Å²) < 4.78 is 1.98. The molecule has 2 aromatic heterocycles. The zero-order valence-electron chi connectivity index (χ0n) is 76.7. The fourth-order valence-corrected chi connectivity index (χ4v) is 18.2. The molecule has 9 N–H and O–H groups in total. The number of anilines is 5. The molecule has 4 atom stereocenters. The molecule has 0 spiro atoms. The fourth-order valence-electron chi connectivity index (χ4n) is 18.2. The van der Waals surface area contributed by atoms with Gasteiger partial charge in [-0.1, -0.05) is 91.0 Å². The van der Waals surface area contributed by atoms with Gasteiger partial charge in [0, 0.05) is 170 Å². The van der Waals surface area contributed by atoms with Crippen molar-refractivity contribution < 1.29 is 77.9 Å². The number of carboxylic acids is 1. The molecular weight excluding hydrogens is 1660 g/mol. The molecular formula is C90H132B3ClN18O16. The first-order valence-corrected chi connectivity index (χ1v) is 44.1. The highest BCUT2D eigenvalue weighted by molar-refractivity contribution is 6.46. The molecule has 5 fully saturated rings. The number of likely N-dealkylation sites (N-methyl/N-ethyl adjacent to an activating group) is 3. The summed E-state index contributed by atoms with van der Waals surface area (Å²) >= 11 is 0. The van der Waals surface area contributed by atoms with E-state index in [9.17, 15) is 43.6 Å². The zero-order valence-corrected chi connectivity index (χ0v) is 77.5.